The molecular formula is C22H25N5O6. The number of rotatable bonds is 10. The van der Waals surface area contributed by atoms with E-state index in [1.807, 2.05) is 12.1 Å². The summed E-state index contributed by atoms with van der Waals surface area (Å²) < 4.78 is 4.92. The molecule has 0 fully saturated rings. The summed E-state index contributed by atoms with van der Waals surface area (Å²) in [5, 5.41) is 12.1. The topological polar surface area (TPSA) is 180 Å². The monoisotopic (exact) mass is 455 g/mol. The third-order valence-electron chi connectivity index (χ3n) is 5.07. The van der Waals surface area contributed by atoms with E-state index in [1.165, 1.54) is 6.92 Å². The predicted molar refractivity (Wildman–Crippen MR) is 120 cm³/mol. The molecule has 3 rings (SSSR count). The van der Waals surface area contributed by atoms with Crippen molar-refractivity contribution in [1.82, 2.24) is 20.3 Å². The number of carbonyl (C=O) groups is 3. The van der Waals surface area contributed by atoms with Crippen LogP contribution in [0.25, 0.3) is 11.0 Å². The van der Waals surface area contributed by atoms with Gasteiger partial charge in [-0.3, -0.25) is 24.2 Å². The Morgan fingerprint density at radius 1 is 1.21 bits per heavy atom. The Hall–Kier alpha value is -4.15. The van der Waals surface area contributed by atoms with Gasteiger partial charge in [0.05, 0.1) is 11.4 Å². The highest BCUT2D eigenvalue weighted by Gasteiger charge is 2.17. The highest BCUT2D eigenvalue weighted by molar-refractivity contribution is 5.94. The number of hydrogen-bond acceptors (Lipinski definition) is 7. The number of aromatic nitrogens is 3. The van der Waals surface area contributed by atoms with Gasteiger partial charge in [-0.1, -0.05) is 12.1 Å². The van der Waals surface area contributed by atoms with Crippen molar-refractivity contribution in [3.8, 4) is 0 Å². The summed E-state index contributed by atoms with van der Waals surface area (Å²) in [6.45, 7) is 1.14. The number of anilines is 1. The zero-order chi connectivity index (χ0) is 24.0. The van der Waals surface area contributed by atoms with E-state index in [9.17, 15) is 19.2 Å². The van der Waals surface area contributed by atoms with Gasteiger partial charge in [0.1, 0.15) is 12.3 Å². The number of amides is 1. The van der Waals surface area contributed by atoms with Crippen molar-refractivity contribution in [3.05, 3.63) is 57.5 Å². The van der Waals surface area contributed by atoms with Crippen LogP contribution in [0.1, 0.15) is 41.3 Å². The lowest BCUT2D eigenvalue weighted by atomic mass is 10.0. The molecule has 3 aromatic rings. The molecule has 1 unspecified atom stereocenters. The molecule has 2 heterocycles. The molecule has 1 atom stereocenters. The Morgan fingerprint density at radius 2 is 1.94 bits per heavy atom. The second-order valence-corrected chi connectivity index (χ2v) is 7.59. The smallest absolute Gasteiger partial charge is 0.303 e. The first-order valence-corrected chi connectivity index (χ1v) is 10.3. The minimum Gasteiger partial charge on any atom is -0.481 e. The molecule has 11 heteroatoms. The van der Waals surface area contributed by atoms with Crippen molar-refractivity contribution in [3.63, 3.8) is 0 Å². The van der Waals surface area contributed by atoms with Crippen LogP contribution in [-0.4, -0.2) is 50.6 Å². The molecule has 11 nitrogen and oxygen atoms in total. The Kier molecular flexibility index (Phi) is 7.44. The molecule has 0 aliphatic carbocycles. The Bertz CT molecular complexity index is 1200. The lowest BCUT2D eigenvalue weighted by Gasteiger charge is -2.18. The highest BCUT2D eigenvalue weighted by atomic mass is 16.5. The normalized spacial score (nSPS) is 11.8. The number of nitrogen functional groups attached to an aromatic ring is 1. The zero-order valence-corrected chi connectivity index (χ0v) is 18.0. The van der Waals surface area contributed by atoms with E-state index in [0.29, 0.717) is 29.4 Å². The fourth-order valence-electron chi connectivity index (χ4n) is 3.40. The lowest BCUT2D eigenvalue weighted by Crippen LogP contribution is -2.39. The summed E-state index contributed by atoms with van der Waals surface area (Å²) in [7, 11) is 0. The minimum absolute atomic E-state index is 0.0489. The second-order valence-electron chi connectivity index (χ2n) is 7.59. The van der Waals surface area contributed by atoms with Crippen molar-refractivity contribution in [2.24, 2.45) is 0 Å². The van der Waals surface area contributed by atoms with E-state index < -0.39 is 23.9 Å². The van der Waals surface area contributed by atoms with Crippen molar-refractivity contribution >= 4 is 34.8 Å². The van der Waals surface area contributed by atoms with Gasteiger partial charge in [0.25, 0.3) is 11.5 Å². The van der Waals surface area contributed by atoms with Crippen LogP contribution < -0.4 is 16.6 Å². The number of esters is 1. The van der Waals surface area contributed by atoms with Crippen LogP contribution in [0.5, 0.6) is 0 Å². The lowest BCUT2D eigenvalue weighted by molar-refractivity contribution is -0.141. The maximum atomic E-state index is 12.6. The molecule has 0 saturated carbocycles. The molecule has 0 bridgehead atoms. The van der Waals surface area contributed by atoms with Gasteiger partial charge in [-0.05, 0) is 42.5 Å². The molecule has 2 aromatic heterocycles. The van der Waals surface area contributed by atoms with Gasteiger partial charge in [-0.2, -0.15) is 4.98 Å². The average Bonchev–Trinajstić information content (AvgIpc) is 3.17. The maximum absolute atomic E-state index is 12.6. The number of nitrogens with zero attached hydrogens (tertiary/aromatic N) is 1. The van der Waals surface area contributed by atoms with Crippen molar-refractivity contribution in [1.29, 1.82) is 0 Å². The summed E-state index contributed by atoms with van der Waals surface area (Å²) >= 11 is 0. The molecule has 33 heavy (non-hydrogen) atoms. The molecule has 6 N–H and O–H groups in total. The van der Waals surface area contributed by atoms with Gasteiger partial charge >= 0.3 is 11.9 Å². The number of benzene rings is 1. The first-order valence-electron chi connectivity index (χ1n) is 10.3. The van der Waals surface area contributed by atoms with E-state index in [-0.39, 0.29) is 31.0 Å². The molecule has 0 spiro atoms. The third-order valence-corrected chi connectivity index (χ3v) is 5.07. The summed E-state index contributed by atoms with van der Waals surface area (Å²) in [5.74, 6) is -1.85. The second kappa shape index (κ2) is 10.4. The predicted octanol–water partition coefficient (Wildman–Crippen LogP) is 1.14. The molecule has 1 aromatic carbocycles. The highest BCUT2D eigenvalue weighted by Crippen LogP contribution is 2.16. The zero-order valence-electron chi connectivity index (χ0n) is 18.0. The number of nitrogens with one attached hydrogen (secondary N) is 3. The molecule has 174 valence electrons. The summed E-state index contributed by atoms with van der Waals surface area (Å²) in [6, 6.07) is 6.33. The Morgan fingerprint density at radius 3 is 2.61 bits per heavy atom. The number of H-pyrrole nitrogens is 2. The Labute approximate surface area is 188 Å². The van der Waals surface area contributed by atoms with Gasteiger partial charge in [-0.15, -0.1) is 0 Å². The number of hydrogen-bond donors (Lipinski definition) is 5. The van der Waals surface area contributed by atoms with Crippen LogP contribution in [0.2, 0.25) is 0 Å². The fraction of sp³-hybridized carbons (Fsp3) is 0.318. The van der Waals surface area contributed by atoms with Crippen LogP contribution in [-0.2, 0) is 27.2 Å². The number of nitrogens with two attached hydrogens (primary N) is 1. The number of carboxylic acids is 1. The van der Waals surface area contributed by atoms with E-state index in [0.717, 1.165) is 11.1 Å². The van der Waals surface area contributed by atoms with Crippen molar-refractivity contribution in [2.45, 2.75) is 38.6 Å². The fourth-order valence-corrected chi connectivity index (χ4v) is 3.40. The number of carbonyl (C=O) groups excluding carboxylic acids is 2. The minimum atomic E-state index is -1.00. The van der Waals surface area contributed by atoms with Crippen LogP contribution in [0, 0.1) is 0 Å². The number of aryl methyl sites for hydroxylation is 2. The molecule has 0 saturated heterocycles. The van der Waals surface area contributed by atoms with Gasteiger partial charge in [0.2, 0.25) is 5.95 Å². The van der Waals surface area contributed by atoms with E-state index in [2.05, 4.69) is 20.3 Å². The first kappa shape index (κ1) is 23.5. The summed E-state index contributed by atoms with van der Waals surface area (Å²) in [6.07, 6.45) is 2.92. The van der Waals surface area contributed by atoms with Gasteiger partial charge in [-0.25, -0.2) is 0 Å². The summed E-state index contributed by atoms with van der Waals surface area (Å²) in [4.78, 5) is 56.1. The van der Waals surface area contributed by atoms with Crippen LogP contribution in [0.15, 0.2) is 35.3 Å². The van der Waals surface area contributed by atoms with Crippen molar-refractivity contribution < 1.29 is 24.2 Å². The SMILES string of the molecule is CC(=O)OCC(CCC(=O)O)NC(=O)c1ccc(CCc2c[nH]c3nc(N)[nH]c(=O)c23)cc1. The number of fused-ring (bicyclic) bond motifs is 1. The van der Waals surface area contributed by atoms with Crippen LogP contribution >= 0.6 is 0 Å². The van der Waals surface area contributed by atoms with Gasteiger partial charge in [0, 0.05) is 25.1 Å². The number of aromatic amines is 2. The van der Waals surface area contributed by atoms with Crippen LogP contribution in [0.4, 0.5) is 5.95 Å². The Balaban J connectivity index is 1.61. The third kappa shape index (κ3) is 6.42. The number of ether oxygens (including phenoxy) is 1. The average molecular weight is 455 g/mol. The molecule has 0 radical (unpaired) electrons. The molecule has 0 aliphatic rings. The molecule has 1 amide bonds. The molecular weight excluding hydrogens is 430 g/mol. The molecule has 0 aliphatic heterocycles. The first-order chi connectivity index (χ1) is 15.7. The number of aliphatic carboxylic acids is 1. The van der Waals surface area contributed by atoms with Crippen molar-refractivity contribution in [2.75, 3.05) is 12.3 Å². The number of carboxylic acid groups (broad SMARTS) is 1. The van der Waals surface area contributed by atoms with E-state index in [1.54, 1.807) is 18.3 Å². The largest absolute Gasteiger partial charge is 0.481 e. The quantitative estimate of drug-likeness (QED) is 0.282. The van der Waals surface area contributed by atoms with Gasteiger partial charge in [0.15, 0.2) is 0 Å². The summed E-state index contributed by atoms with van der Waals surface area (Å²) in [5.41, 5.74) is 7.86. The standard InChI is InChI=1S/C22H25N5O6/c1-12(28)33-11-16(8-9-17(29)30)25-20(31)14-5-2-13(3-6-14)4-7-15-10-24-19-18(15)21(32)27-22(23)26-19/h2-3,5-6,10,16H,4,7-9,11H2,1H3,(H,25,31)(H,29,30)(H4,23,24,26,27,32). The van der Waals surface area contributed by atoms with E-state index in [4.69, 9.17) is 15.6 Å². The van der Waals surface area contributed by atoms with E-state index >= 15 is 0 Å². The maximum Gasteiger partial charge on any atom is 0.303 e. The van der Waals surface area contributed by atoms with Crippen LogP contribution in [0.3, 0.4) is 0 Å². The van der Waals surface area contributed by atoms with Gasteiger partial charge < -0.3 is 25.9 Å².